The Morgan fingerprint density at radius 2 is 1.55 bits per heavy atom. The van der Waals surface area contributed by atoms with Gasteiger partial charge in [-0.05, 0) is 51.0 Å². The Labute approximate surface area is 185 Å². The smallest absolute Gasteiger partial charge is 0.244 e. The van der Waals surface area contributed by atoms with Crippen LogP contribution in [-0.2, 0) is 26.2 Å². The van der Waals surface area contributed by atoms with Gasteiger partial charge in [0.1, 0.15) is 12.6 Å². The second-order valence-corrected chi connectivity index (χ2v) is 9.80. The molecular formula is C23H31N3O4S. The van der Waals surface area contributed by atoms with Gasteiger partial charge in [-0.1, -0.05) is 42.5 Å². The Kier molecular flexibility index (Phi) is 8.21. The molecule has 1 atom stereocenters. The Hall–Kier alpha value is -2.87. The van der Waals surface area contributed by atoms with Crippen molar-refractivity contribution < 1.29 is 18.0 Å². The number of anilines is 1. The van der Waals surface area contributed by atoms with Gasteiger partial charge in [-0.25, -0.2) is 8.42 Å². The van der Waals surface area contributed by atoms with Crippen LogP contribution < -0.4 is 9.62 Å². The first-order valence-corrected chi connectivity index (χ1v) is 12.0. The Morgan fingerprint density at radius 3 is 2.10 bits per heavy atom. The number of hydrogen-bond acceptors (Lipinski definition) is 4. The molecule has 0 unspecified atom stereocenters. The lowest BCUT2D eigenvalue weighted by atomic mass is 10.1. The van der Waals surface area contributed by atoms with Crippen LogP contribution in [-0.4, -0.2) is 50.0 Å². The standard InChI is InChI=1S/C23H31N3O4S/c1-17(2)24-23(28)19(4)25(15-20-12-10-9-11-18(20)3)22(27)16-26(31(5,29)30)21-13-7-6-8-14-21/h6-14,17,19H,15-16H2,1-5H3,(H,24,28)/t19-/m0/s1. The molecule has 2 rings (SSSR count). The van der Waals surface area contributed by atoms with E-state index < -0.39 is 28.5 Å². The van der Waals surface area contributed by atoms with E-state index in [-0.39, 0.29) is 18.5 Å². The lowest BCUT2D eigenvalue weighted by Gasteiger charge is -2.32. The summed E-state index contributed by atoms with van der Waals surface area (Å²) in [6, 6.07) is 15.2. The Balaban J connectivity index is 2.38. The van der Waals surface area contributed by atoms with Gasteiger partial charge in [0.2, 0.25) is 21.8 Å². The fourth-order valence-corrected chi connectivity index (χ4v) is 4.02. The number of carbonyl (C=O) groups is 2. The van der Waals surface area contributed by atoms with E-state index in [2.05, 4.69) is 5.32 Å². The molecule has 0 aliphatic rings. The minimum atomic E-state index is -3.71. The highest BCUT2D eigenvalue weighted by Gasteiger charge is 2.30. The maximum absolute atomic E-state index is 13.4. The molecule has 0 aliphatic heterocycles. The van der Waals surface area contributed by atoms with Crippen LogP contribution in [0.25, 0.3) is 0 Å². The van der Waals surface area contributed by atoms with E-state index in [0.29, 0.717) is 5.69 Å². The van der Waals surface area contributed by atoms with Gasteiger partial charge < -0.3 is 10.2 Å². The topological polar surface area (TPSA) is 86.8 Å². The summed E-state index contributed by atoms with van der Waals surface area (Å²) in [4.78, 5) is 27.5. The van der Waals surface area contributed by atoms with Crippen molar-refractivity contribution in [2.75, 3.05) is 17.1 Å². The van der Waals surface area contributed by atoms with Crippen LogP contribution in [0.5, 0.6) is 0 Å². The summed E-state index contributed by atoms with van der Waals surface area (Å²) in [6.07, 6.45) is 1.06. The van der Waals surface area contributed by atoms with E-state index in [0.717, 1.165) is 21.7 Å². The number of hydrogen-bond donors (Lipinski definition) is 1. The van der Waals surface area contributed by atoms with Gasteiger partial charge in [-0.15, -0.1) is 0 Å². The third kappa shape index (κ3) is 6.82. The number of benzene rings is 2. The molecule has 0 spiro atoms. The fourth-order valence-electron chi connectivity index (χ4n) is 3.17. The number of rotatable bonds is 9. The zero-order valence-electron chi connectivity index (χ0n) is 18.7. The van der Waals surface area contributed by atoms with Gasteiger partial charge >= 0.3 is 0 Å². The van der Waals surface area contributed by atoms with Crippen LogP contribution in [0.3, 0.4) is 0 Å². The molecule has 7 nitrogen and oxygen atoms in total. The van der Waals surface area contributed by atoms with Gasteiger partial charge in [0.25, 0.3) is 0 Å². The summed E-state index contributed by atoms with van der Waals surface area (Å²) in [5.41, 5.74) is 2.28. The fraction of sp³-hybridized carbons (Fsp3) is 0.391. The van der Waals surface area contributed by atoms with E-state index in [4.69, 9.17) is 0 Å². The lowest BCUT2D eigenvalue weighted by Crippen LogP contribution is -2.52. The quantitative estimate of drug-likeness (QED) is 0.643. The van der Waals surface area contributed by atoms with Crippen LogP contribution in [0.15, 0.2) is 54.6 Å². The van der Waals surface area contributed by atoms with Crippen molar-refractivity contribution >= 4 is 27.5 Å². The van der Waals surface area contributed by atoms with Gasteiger partial charge in [-0.2, -0.15) is 0 Å². The van der Waals surface area contributed by atoms with Crippen molar-refractivity contribution in [2.45, 2.75) is 46.3 Å². The number of sulfonamides is 1. The molecular weight excluding hydrogens is 414 g/mol. The number of carbonyl (C=O) groups excluding carboxylic acids is 2. The minimum Gasteiger partial charge on any atom is -0.352 e. The molecule has 2 aromatic rings. The molecule has 0 bridgehead atoms. The predicted molar refractivity (Wildman–Crippen MR) is 123 cm³/mol. The van der Waals surface area contributed by atoms with Crippen molar-refractivity contribution in [2.24, 2.45) is 0 Å². The number of para-hydroxylation sites is 1. The number of amides is 2. The third-order valence-electron chi connectivity index (χ3n) is 4.92. The van der Waals surface area contributed by atoms with E-state index in [1.807, 2.05) is 45.0 Å². The first kappa shape index (κ1) is 24.4. The van der Waals surface area contributed by atoms with Crippen LogP contribution in [0.1, 0.15) is 31.9 Å². The number of nitrogens with zero attached hydrogens (tertiary/aromatic N) is 2. The van der Waals surface area contributed by atoms with Crippen molar-refractivity contribution in [1.29, 1.82) is 0 Å². The van der Waals surface area contributed by atoms with Gasteiger partial charge in [0.15, 0.2) is 0 Å². The first-order chi connectivity index (χ1) is 14.5. The summed E-state index contributed by atoms with van der Waals surface area (Å²) >= 11 is 0. The predicted octanol–water partition coefficient (Wildman–Crippen LogP) is 2.70. The Morgan fingerprint density at radius 1 is 0.968 bits per heavy atom. The van der Waals surface area contributed by atoms with Crippen molar-refractivity contribution in [3.63, 3.8) is 0 Å². The average Bonchev–Trinajstić information content (AvgIpc) is 2.70. The van der Waals surface area contributed by atoms with Crippen molar-refractivity contribution in [3.05, 3.63) is 65.7 Å². The second-order valence-electron chi connectivity index (χ2n) is 7.89. The van der Waals surface area contributed by atoms with Gasteiger partial charge in [0, 0.05) is 12.6 Å². The zero-order valence-corrected chi connectivity index (χ0v) is 19.5. The summed E-state index contributed by atoms with van der Waals surface area (Å²) in [5.74, 6) is -0.744. The molecule has 0 aliphatic carbocycles. The maximum atomic E-state index is 13.4. The summed E-state index contributed by atoms with van der Waals surface area (Å²) in [5, 5.41) is 2.83. The van der Waals surface area contributed by atoms with E-state index in [1.165, 1.54) is 4.90 Å². The van der Waals surface area contributed by atoms with E-state index in [1.54, 1.807) is 37.3 Å². The van der Waals surface area contributed by atoms with E-state index in [9.17, 15) is 18.0 Å². The molecule has 0 radical (unpaired) electrons. The molecule has 168 valence electrons. The lowest BCUT2D eigenvalue weighted by molar-refractivity contribution is -0.139. The number of nitrogens with one attached hydrogen (secondary N) is 1. The monoisotopic (exact) mass is 445 g/mol. The van der Waals surface area contributed by atoms with Crippen molar-refractivity contribution in [1.82, 2.24) is 10.2 Å². The highest BCUT2D eigenvalue weighted by Crippen LogP contribution is 2.19. The van der Waals surface area contributed by atoms with Crippen LogP contribution >= 0.6 is 0 Å². The normalized spacial score (nSPS) is 12.3. The molecule has 0 saturated heterocycles. The van der Waals surface area contributed by atoms with Crippen LogP contribution in [0.2, 0.25) is 0 Å². The van der Waals surface area contributed by atoms with Gasteiger partial charge in [-0.3, -0.25) is 13.9 Å². The molecule has 31 heavy (non-hydrogen) atoms. The average molecular weight is 446 g/mol. The van der Waals surface area contributed by atoms with Crippen LogP contribution in [0, 0.1) is 6.92 Å². The number of aryl methyl sites for hydroxylation is 1. The molecule has 8 heteroatoms. The first-order valence-electron chi connectivity index (χ1n) is 10.2. The largest absolute Gasteiger partial charge is 0.352 e. The summed E-state index contributed by atoms with van der Waals surface area (Å²) in [7, 11) is -3.71. The van der Waals surface area contributed by atoms with Gasteiger partial charge in [0.05, 0.1) is 11.9 Å². The molecule has 1 N–H and O–H groups in total. The SMILES string of the molecule is Cc1ccccc1CN(C(=O)CN(c1ccccc1)S(C)(=O)=O)[C@@H](C)C(=O)NC(C)C. The molecule has 0 saturated carbocycles. The molecule has 0 aromatic heterocycles. The zero-order chi connectivity index (χ0) is 23.2. The summed E-state index contributed by atoms with van der Waals surface area (Å²) in [6.45, 7) is 7.08. The third-order valence-corrected chi connectivity index (χ3v) is 6.06. The van der Waals surface area contributed by atoms with E-state index >= 15 is 0 Å². The highest BCUT2D eigenvalue weighted by molar-refractivity contribution is 7.92. The maximum Gasteiger partial charge on any atom is 0.244 e. The van der Waals surface area contributed by atoms with Crippen LogP contribution in [0.4, 0.5) is 5.69 Å². The minimum absolute atomic E-state index is 0.0813. The summed E-state index contributed by atoms with van der Waals surface area (Å²) < 4.78 is 25.9. The molecule has 2 aromatic carbocycles. The second kappa shape index (κ2) is 10.4. The highest BCUT2D eigenvalue weighted by atomic mass is 32.2. The molecule has 2 amide bonds. The Bertz CT molecular complexity index is 1010. The van der Waals surface area contributed by atoms with Crippen molar-refractivity contribution in [3.8, 4) is 0 Å². The molecule has 0 fully saturated rings. The molecule has 0 heterocycles.